The van der Waals surface area contributed by atoms with E-state index >= 15 is 0 Å². The number of nitrogens with zero attached hydrogens (tertiary/aromatic N) is 2. The summed E-state index contributed by atoms with van der Waals surface area (Å²) in [6, 6.07) is 1.82. The fourth-order valence-electron chi connectivity index (χ4n) is 2.52. The quantitative estimate of drug-likeness (QED) is 0.339. The van der Waals surface area contributed by atoms with Crippen molar-refractivity contribution in [1.29, 1.82) is 0 Å². The van der Waals surface area contributed by atoms with Crippen LogP contribution >= 0.6 is 11.6 Å². The van der Waals surface area contributed by atoms with Gasteiger partial charge < -0.3 is 14.0 Å². The van der Waals surface area contributed by atoms with Crippen molar-refractivity contribution >= 4 is 17.6 Å². The lowest BCUT2D eigenvalue weighted by Gasteiger charge is -2.14. The molecule has 2 aromatic rings. The van der Waals surface area contributed by atoms with Gasteiger partial charge in [-0.05, 0) is 18.6 Å². The van der Waals surface area contributed by atoms with Crippen LogP contribution in [0.3, 0.4) is 0 Å². The lowest BCUT2D eigenvalue weighted by molar-refractivity contribution is -0.146. The first kappa shape index (κ1) is 23.7. The maximum Gasteiger partial charge on any atom is 0.433 e. The minimum Gasteiger partial charge on any atom is -0.480 e. The Morgan fingerprint density at radius 2 is 1.97 bits per heavy atom. The smallest absolute Gasteiger partial charge is 0.433 e. The van der Waals surface area contributed by atoms with Gasteiger partial charge in [0.15, 0.2) is 6.61 Å². The molecule has 0 radical (unpaired) electrons. The van der Waals surface area contributed by atoms with E-state index in [9.17, 15) is 27.2 Å². The fraction of sp³-hybridized carbons (Fsp3) is 0.421. The largest absolute Gasteiger partial charge is 0.480 e. The molecule has 0 unspecified atom stereocenters. The molecule has 164 valence electrons. The third-order valence-electron chi connectivity index (χ3n) is 4.11. The van der Waals surface area contributed by atoms with Gasteiger partial charge in [-0.25, -0.2) is 14.2 Å². The van der Waals surface area contributed by atoms with Crippen molar-refractivity contribution in [1.82, 2.24) is 9.55 Å². The number of benzene rings is 1. The molecule has 0 saturated heterocycles. The van der Waals surface area contributed by atoms with E-state index in [-0.39, 0.29) is 17.4 Å². The second-order valence-electron chi connectivity index (χ2n) is 6.33. The highest BCUT2D eigenvalue weighted by Crippen LogP contribution is 2.33. The summed E-state index contributed by atoms with van der Waals surface area (Å²) in [5.74, 6) is -1.81. The Morgan fingerprint density at radius 1 is 1.27 bits per heavy atom. The Morgan fingerprint density at radius 3 is 2.60 bits per heavy atom. The van der Waals surface area contributed by atoms with Gasteiger partial charge >= 0.3 is 12.1 Å². The molecule has 0 atom stereocenters. The molecule has 0 saturated carbocycles. The summed E-state index contributed by atoms with van der Waals surface area (Å²) in [6.45, 7) is 1.71. The summed E-state index contributed by atoms with van der Waals surface area (Å²) in [5.41, 5.74) is -3.42. The first-order chi connectivity index (χ1) is 14.1. The number of hydrogen-bond donors (Lipinski definition) is 0. The van der Waals surface area contributed by atoms with Crippen LogP contribution in [-0.4, -0.2) is 28.7 Å². The standard InChI is InChI=1S/C19H19ClF4N2O4/c1-3-4-5-6-29-16(27)10-30-14-7-11(13(21)8-12(14)20)17-18(28)26(2)15(9-25-17)19(22,23)24/h7-9H,3-6,10H2,1-2H3. The number of ether oxygens (including phenoxy) is 2. The second kappa shape index (κ2) is 9.92. The van der Waals surface area contributed by atoms with Crippen LogP contribution in [0, 0.1) is 5.82 Å². The number of carbonyl (C=O) groups is 1. The van der Waals surface area contributed by atoms with Crippen molar-refractivity contribution in [2.75, 3.05) is 13.2 Å². The maximum absolute atomic E-state index is 14.4. The predicted molar refractivity (Wildman–Crippen MR) is 101 cm³/mol. The van der Waals surface area contributed by atoms with Crippen LogP contribution in [0.4, 0.5) is 17.6 Å². The van der Waals surface area contributed by atoms with Crippen molar-refractivity contribution in [3.8, 4) is 17.0 Å². The molecule has 0 bridgehead atoms. The van der Waals surface area contributed by atoms with Crippen LogP contribution in [0.1, 0.15) is 31.9 Å². The van der Waals surface area contributed by atoms with Crippen molar-refractivity contribution in [3.05, 3.63) is 45.2 Å². The van der Waals surface area contributed by atoms with Gasteiger partial charge in [-0.2, -0.15) is 13.2 Å². The van der Waals surface area contributed by atoms with E-state index in [0.717, 1.165) is 32.0 Å². The van der Waals surface area contributed by atoms with E-state index in [4.69, 9.17) is 21.1 Å². The average Bonchev–Trinajstić information content (AvgIpc) is 2.66. The SMILES string of the molecule is CCCCCOC(=O)COc1cc(-c2ncc(C(F)(F)F)n(C)c2=O)c(F)cc1Cl. The predicted octanol–water partition coefficient (Wildman–Crippen LogP) is 4.37. The first-order valence-corrected chi connectivity index (χ1v) is 9.35. The molecule has 1 aromatic heterocycles. The topological polar surface area (TPSA) is 70.4 Å². The second-order valence-corrected chi connectivity index (χ2v) is 6.74. The minimum atomic E-state index is -4.80. The van der Waals surface area contributed by atoms with Gasteiger partial charge in [-0.3, -0.25) is 4.79 Å². The summed E-state index contributed by atoms with van der Waals surface area (Å²) in [6.07, 6.45) is -1.81. The van der Waals surface area contributed by atoms with Gasteiger partial charge in [0.05, 0.1) is 17.8 Å². The molecular formula is C19H19ClF4N2O4. The highest BCUT2D eigenvalue weighted by Gasteiger charge is 2.35. The minimum absolute atomic E-state index is 0.151. The van der Waals surface area contributed by atoms with Gasteiger partial charge in [0.1, 0.15) is 23.0 Å². The molecule has 0 aliphatic rings. The number of esters is 1. The van der Waals surface area contributed by atoms with Crippen molar-refractivity contribution in [2.24, 2.45) is 7.05 Å². The van der Waals surface area contributed by atoms with E-state index in [1.807, 2.05) is 6.92 Å². The van der Waals surface area contributed by atoms with E-state index < -0.39 is 47.1 Å². The number of carbonyl (C=O) groups excluding carboxylic acids is 1. The number of rotatable bonds is 8. The molecule has 0 aliphatic carbocycles. The van der Waals surface area contributed by atoms with Crippen LogP contribution in [0.25, 0.3) is 11.3 Å². The van der Waals surface area contributed by atoms with E-state index in [1.54, 1.807) is 0 Å². The Bertz CT molecular complexity index is 976. The van der Waals surface area contributed by atoms with Crippen LogP contribution in [0.15, 0.2) is 23.1 Å². The molecule has 11 heteroatoms. The zero-order chi connectivity index (χ0) is 22.5. The van der Waals surface area contributed by atoms with Crippen LogP contribution in [-0.2, 0) is 22.8 Å². The number of aromatic nitrogens is 2. The van der Waals surface area contributed by atoms with Gasteiger partial charge in [0.25, 0.3) is 5.56 Å². The Balaban J connectivity index is 2.26. The Hall–Kier alpha value is -2.62. The normalized spacial score (nSPS) is 11.4. The van der Waals surface area contributed by atoms with Crippen LogP contribution in [0.5, 0.6) is 5.75 Å². The first-order valence-electron chi connectivity index (χ1n) is 8.97. The summed E-state index contributed by atoms with van der Waals surface area (Å²) in [7, 11) is 0.899. The zero-order valence-electron chi connectivity index (χ0n) is 16.2. The molecular weight excluding hydrogens is 432 g/mol. The molecule has 0 fully saturated rings. The highest BCUT2D eigenvalue weighted by atomic mass is 35.5. The summed E-state index contributed by atoms with van der Waals surface area (Å²) >= 11 is 5.90. The zero-order valence-corrected chi connectivity index (χ0v) is 16.9. The Kier molecular flexibility index (Phi) is 7.83. The van der Waals surface area contributed by atoms with Crippen LogP contribution < -0.4 is 10.3 Å². The molecule has 2 rings (SSSR count). The fourth-order valence-corrected chi connectivity index (χ4v) is 2.73. The van der Waals surface area contributed by atoms with Gasteiger partial charge in [0.2, 0.25) is 0 Å². The van der Waals surface area contributed by atoms with E-state index in [2.05, 4.69) is 4.98 Å². The monoisotopic (exact) mass is 450 g/mol. The molecule has 0 N–H and O–H groups in total. The molecule has 6 nitrogen and oxygen atoms in total. The van der Waals surface area contributed by atoms with Crippen molar-refractivity contribution in [3.63, 3.8) is 0 Å². The molecule has 0 amide bonds. The summed E-state index contributed by atoms with van der Waals surface area (Å²) in [4.78, 5) is 27.5. The van der Waals surface area contributed by atoms with Gasteiger partial charge in [0, 0.05) is 12.6 Å². The van der Waals surface area contributed by atoms with E-state index in [0.29, 0.717) is 17.2 Å². The number of halogens is 5. The summed E-state index contributed by atoms with van der Waals surface area (Å²) in [5, 5.41) is -0.196. The van der Waals surface area contributed by atoms with E-state index in [1.165, 1.54) is 0 Å². The third-order valence-corrected chi connectivity index (χ3v) is 4.40. The molecule has 0 aliphatic heterocycles. The lowest BCUT2D eigenvalue weighted by atomic mass is 10.1. The maximum atomic E-state index is 14.4. The number of unbranched alkanes of at least 4 members (excludes halogenated alkanes) is 2. The number of alkyl halides is 3. The highest BCUT2D eigenvalue weighted by molar-refractivity contribution is 6.32. The lowest BCUT2D eigenvalue weighted by Crippen LogP contribution is -2.28. The molecule has 30 heavy (non-hydrogen) atoms. The van der Waals surface area contributed by atoms with Crippen molar-refractivity contribution < 1.29 is 31.8 Å². The molecule has 1 heterocycles. The van der Waals surface area contributed by atoms with Gasteiger partial charge in [-0.15, -0.1) is 0 Å². The average molecular weight is 451 g/mol. The van der Waals surface area contributed by atoms with Gasteiger partial charge in [-0.1, -0.05) is 31.4 Å². The Labute approximate surface area is 174 Å². The molecule has 0 spiro atoms. The van der Waals surface area contributed by atoms with Crippen molar-refractivity contribution in [2.45, 2.75) is 32.4 Å². The van der Waals surface area contributed by atoms with Crippen LogP contribution in [0.2, 0.25) is 5.02 Å². The molecule has 1 aromatic carbocycles. The third kappa shape index (κ3) is 5.71. The summed E-state index contributed by atoms with van der Waals surface area (Å²) < 4.78 is 63.6. The number of hydrogen-bond acceptors (Lipinski definition) is 5.